The van der Waals surface area contributed by atoms with Gasteiger partial charge in [-0.3, -0.25) is 4.79 Å². The lowest BCUT2D eigenvalue weighted by molar-refractivity contribution is -0.148. The van der Waals surface area contributed by atoms with Gasteiger partial charge in [-0.25, -0.2) is 0 Å². The number of carboxylic acid groups (broad SMARTS) is 1. The van der Waals surface area contributed by atoms with Gasteiger partial charge in [-0.15, -0.1) is 0 Å². The van der Waals surface area contributed by atoms with Crippen molar-refractivity contribution in [3.8, 4) is 0 Å². The minimum absolute atomic E-state index is 0.518. The molecule has 0 aromatic heterocycles. The summed E-state index contributed by atoms with van der Waals surface area (Å²) in [5, 5.41) is 9.65. The number of carboxylic acids is 1. The van der Waals surface area contributed by atoms with Crippen LogP contribution in [0.4, 0.5) is 0 Å². The first-order valence-electron chi connectivity index (χ1n) is 7.17. The van der Waals surface area contributed by atoms with E-state index in [9.17, 15) is 9.90 Å². The first-order chi connectivity index (χ1) is 8.87. The highest BCUT2D eigenvalue weighted by Crippen LogP contribution is 2.42. The summed E-state index contributed by atoms with van der Waals surface area (Å²) in [5.41, 5.74) is 5.84. The third-order valence-electron chi connectivity index (χ3n) is 5.05. The van der Waals surface area contributed by atoms with E-state index >= 15 is 0 Å². The molecule has 0 aliphatic heterocycles. The summed E-state index contributed by atoms with van der Waals surface area (Å²) in [6, 6.07) is 2.20. The van der Waals surface area contributed by atoms with Crippen molar-refractivity contribution in [1.29, 1.82) is 0 Å². The standard InChI is InChI=1S/C17H24O2/c1-11-9-12(2)14(4)15(13(11)3)10-17(16(18)19)7-5-6-8-17/h9H,5-8,10H2,1-4H3,(H,18,19). The normalized spacial score (nSPS) is 17.7. The van der Waals surface area contributed by atoms with Crippen LogP contribution in [0.5, 0.6) is 0 Å². The number of aliphatic carboxylic acids is 1. The minimum Gasteiger partial charge on any atom is -0.481 e. The molecular formula is C17H24O2. The lowest BCUT2D eigenvalue weighted by Crippen LogP contribution is -2.31. The second-order valence-corrected chi connectivity index (χ2v) is 6.21. The van der Waals surface area contributed by atoms with Gasteiger partial charge in [0.05, 0.1) is 5.41 Å². The van der Waals surface area contributed by atoms with Gasteiger partial charge in [-0.05, 0) is 74.8 Å². The molecule has 0 atom stereocenters. The fraction of sp³-hybridized carbons (Fsp3) is 0.588. The van der Waals surface area contributed by atoms with Crippen molar-refractivity contribution >= 4 is 5.97 Å². The average Bonchev–Trinajstić information content (AvgIpc) is 2.82. The first kappa shape index (κ1) is 14.1. The van der Waals surface area contributed by atoms with Crippen LogP contribution in [0.2, 0.25) is 0 Å². The summed E-state index contributed by atoms with van der Waals surface area (Å²) in [6.07, 6.45) is 4.45. The Morgan fingerprint density at radius 2 is 1.58 bits per heavy atom. The van der Waals surface area contributed by atoms with Gasteiger partial charge in [0.2, 0.25) is 0 Å². The van der Waals surface area contributed by atoms with Crippen molar-refractivity contribution < 1.29 is 9.90 Å². The maximum Gasteiger partial charge on any atom is 0.309 e. The third-order valence-corrected chi connectivity index (χ3v) is 5.05. The van der Waals surface area contributed by atoms with Gasteiger partial charge in [0, 0.05) is 0 Å². The van der Waals surface area contributed by atoms with Crippen LogP contribution < -0.4 is 0 Å². The molecule has 1 aliphatic rings. The zero-order valence-electron chi connectivity index (χ0n) is 12.5. The van der Waals surface area contributed by atoms with E-state index in [1.165, 1.54) is 27.8 Å². The summed E-state index contributed by atoms with van der Waals surface area (Å²) in [4.78, 5) is 11.7. The molecule has 19 heavy (non-hydrogen) atoms. The number of benzene rings is 1. The summed E-state index contributed by atoms with van der Waals surface area (Å²) in [6.45, 7) is 8.49. The van der Waals surface area contributed by atoms with E-state index in [1.54, 1.807) is 0 Å². The molecule has 1 N–H and O–H groups in total. The molecule has 2 heteroatoms. The lowest BCUT2D eigenvalue weighted by atomic mass is 9.77. The average molecular weight is 260 g/mol. The predicted molar refractivity (Wildman–Crippen MR) is 77.6 cm³/mol. The van der Waals surface area contributed by atoms with Crippen molar-refractivity contribution in [2.45, 2.75) is 59.8 Å². The van der Waals surface area contributed by atoms with E-state index < -0.39 is 11.4 Å². The molecule has 1 aromatic rings. The highest BCUT2D eigenvalue weighted by atomic mass is 16.4. The van der Waals surface area contributed by atoms with Gasteiger partial charge in [0.15, 0.2) is 0 Å². The largest absolute Gasteiger partial charge is 0.481 e. The Bertz CT molecular complexity index is 482. The summed E-state index contributed by atoms with van der Waals surface area (Å²) in [5.74, 6) is -0.608. The number of hydrogen-bond donors (Lipinski definition) is 1. The molecule has 0 bridgehead atoms. The molecule has 2 nitrogen and oxygen atoms in total. The molecule has 0 unspecified atom stereocenters. The molecule has 0 amide bonds. The molecule has 1 aliphatic carbocycles. The smallest absolute Gasteiger partial charge is 0.309 e. The molecule has 2 rings (SSSR count). The predicted octanol–water partition coefficient (Wildman–Crippen LogP) is 4.11. The van der Waals surface area contributed by atoms with Crippen LogP contribution in [0.15, 0.2) is 6.07 Å². The van der Waals surface area contributed by atoms with Crippen molar-refractivity contribution in [3.63, 3.8) is 0 Å². The van der Waals surface area contributed by atoms with Crippen LogP contribution in [0.1, 0.15) is 53.5 Å². The Morgan fingerprint density at radius 3 is 2.00 bits per heavy atom. The van der Waals surface area contributed by atoms with E-state index in [0.29, 0.717) is 6.42 Å². The highest BCUT2D eigenvalue weighted by molar-refractivity contribution is 5.75. The lowest BCUT2D eigenvalue weighted by Gasteiger charge is -2.27. The molecular weight excluding hydrogens is 236 g/mol. The SMILES string of the molecule is Cc1cc(C)c(C)c(CC2(C(=O)O)CCCC2)c1C. The zero-order valence-corrected chi connectivity index (χ0v) is 12.5. The molecule has 1 fully saturated rings. The van der Waals surface area contributed by atoms with Crippen molar-refractivity contribution in [2.75, 3.05) is 0 Å². The minimum atomic E-state index is -0.608. The number of carbonyl (C=O) groups is 1. The van der Waals surface area contributed by atoms with Crippen molar-refractivity contribution in [3.05, 3.63) is 33.9 Å². The van der Waals surface area contributed by atoms with Crippen LogP contribution in [-0.2, 0) is 11.2 Å². The van der Waals surface area contributed by atoms with Gasteiger partial charge < -0.3 is 5.11 Å². The fourth-order valence-electron chi connectivity index (χ4n) is 3.42. The van der Waals surface area contributed by atoms with Crippen LogP contribution in [0.25, 0.3) is 0 Å². The third kappa shape index (κ3) is 2.41. The van der Waals surface area contributed by atoms with Crippen LogP contribution in [0, 0.1) is 33.1 Å². The summed E-state index contributed by atoms with van der Waals surface area (Å²) < 4.78 is 0. The second-order valence-electron chi connectivity index (χ2n) is 6.21. The molecule has 0 radical (unpaired) electrons. The monoisotopic (exact) mass is 260 g/mol. The van der Waals surface area contributed by atoms with Crippen LogP contribution in [0.3, 0.4) is 0 Å². The van der Waals surface area contributed by atoms with Gasteiger partial charge in [-0.2, -0.15) is 0 Å². The summed E-state index contributed by atoms with van der Waals surface area (Å²) >= 11 is 0. The molecule has 1 aromatic carbocycles. The summed E-state index contributed by atoms with van der Waals surface area (Å²) in [7, 11) is 0. The molecule has 104 valence electrons. The van der Waals surface area contributed by atoms with Crippen LogP contribution in [-0.4, -0.2) is 11.1 Å². The van der Waals surface area contributed by atoms with Gasteiger partial charge in [-0.1, -0.05) is 18.9 Å². The number of aryl methyl sites for hydroxylation is 2. The Hall–Kier alpha value is -1.31. The van der Waals surface area contributed by atoms with Gasteiger partial charge in [0.25, 0.3) is 0 Å². The number of rotatable bonds is 3. The van der Waals surface area contributed by atoms with Crippen LogP contribution >= 0.6 is 0 Å². The quantitative estimate of drug-likeness (QED) is 0.888. The maximum absolute atomic E-state index is 11.7. The Labute approximate surface area is 115 Å². The Kier molecular flexibility index (Phi) is 3.71. The van der Waals surface area contributed by atoms with E-state index in [-0.39, 0.29) is 0 Å². The van der Waals surface area contributed by atoms with Crippen molar-refractivity contribution in [1.82, 2.24) is 0 Å². The molecule has 0 heterocycles. The maximum atomic E-state index is 11.7. The molecule has 1 saturated carbocycles. The Morgan fingerprint density at radius 1 is 1.11 bits per heavy atom. The fourth-order valence-corrected chi connectivity index (χ4v) is 3.42. The number of hydrogen-bond acceptors (Lipinski definition) is 1. The second kappa shape index (κ2) is 4.99. The highest BCUT2D eigenvalue weighted by Gasteiger charge is 2.41. The Balaban J connectivity index is 2.45. The molecule has 0 spiro atoms. The van der Waals surface area contributed by atoms with E-state index in [0.717, 1.165) is 25.7 Å². The van der Waals surface area contributed by atoms with Crippen molar-refractivity contribution in [2.24, 2.45) is 5.41 Å². The topological polar surface area (TPSA) is 37.3 Å². The zero-order chi connectivity index (χ0) is 14.2. The molecule has 0 saturated heterocycles. The van der Waals surface area contributed by atoms with E-state index in [1.807, 2.05) is 0 Å². The van der Waals surface area contributed by atoms with Gasteiger partial charge in [0.1, 0.15) is 0 Å². The van der Waals surface area contributed by atoms with E-state index in [4.69, 9.17) is 0 Å². The first-order valence-corrected chi connectivity index (χ1v) is 7.17. The van der Waals surface area contributed by atoms with E-state index in [2.05, 4.69) is 33.8 Å². The van der Waals surface area contributed by atoms with Gasteiger partial charge >= 0.3 is 5.97 Å².